The molecule has 1 aliphatic rings. The molecule has 1 aromatic heterocycles. The average Bonchev–Trinajstić information content (AvgIpc) is 2.93. The molecular weight excluding hydrogens is 498 g/mol. The maximum absolute atomic E-state index is 12.7. The first-order valence-electron chi connectivity index (χ1n) is 13.0. The normalized spacial score (nSPS) is 14.2. The van der Waals surface area contributed by atoms with Crippen molar-refractivity contribution in [1.29, 1.82) is 0 Å². The van der Waals surface area contributed by atoms with Crippen LogP contribution in [0, 0.1) is 0 Å². The molecule has 1 aliphatic heterocycles. The molecule has 0 atom stereocenters. The number of carbonyl (C=O) groups is 1. The van der Waals surface area contributed by atoms with Crippen molar-refractivity contribution in [2.24, 2.45) is 0 Å². The molecule has 196 valence electrons. The Morgan fingerprint density at radius 3 is 2.42 bits per heavy atom. The first kappa shape index (κ1) is 26.0. The summed E-state index contributed by atoms with van der Waals surface area (Å²) in [5.74, 6) is 1.47. The molecular formula is C31H32ClN3O3. The van der Waals surface area contributed by atoms with Crippen LogP contribution in [-0.4, -0.2) is 59.6 Å². The summed E-state index contributed by atoms with van der Waals surface area (Å²) < 4.78 is 11.8. The highest BCUT2D eigenvalue weighted by Crippen LogP contribution is 2.34. The molecule has 0 spiro atoms. The van der Waals surface area contributed by atoms with E-state index in [1.54, 1.807) is 24.3 Å². The van der Waals surface area contributed by atoms with E-state index >= 15 is 0 Å². The first-order valence-corrected chi connectivity index (χ1v) is 13.4. The number of aromatic nitrogens is 1. The van der Waals surface area contributed by atoms with Crippen LogP contribution in [0.25, 0.3) is 22.2 Å². The van der Waals surface area contributed by atoms with E-state index in [1.165, 1.54) is 0 Å². The summed E-state index contributed by atoms with van der Waals surface area (Å²) in [4.78, 5) is 22.1. The molecule has 0 N–H and O–H groups in total. The van der Waals surface area contributed by atoms with Crippen LogP contribution >= 0.6 is 11.6 Å². The zero-order valence-corrected chi connectivity index (χ0v) is 22.5. The number of hydrogen-bond donors (Lipinski definition) is 0. The summed E-state index contributed by atoms with van der Waals surface area (Å²) in [5, 5.41) is 1.75. The molecule has 0 bridgehead atoms. The van der Waals surface area contributed by atoms with Crippen LogP contribution in [0.2, 0.25) is 5.02 Å². The van der Waals surface area contributed by atoms with Crippen LogP contribution in [-0.2, 0) is 11.3 Å². The molecule has 3 aromatic carbocycles. The van der Waals surface area contributed by atoms with Crippen molar-refractivity contribution in [2.45, 2.75) is 26.5 Å². The van der Waals surface area contributed by atoms with Crippen LogP contribution in [0.5, 0.6) is 11.5 Å². The van der Waals surface area contributed by atoms with Gasteiger partial charge in [-0.15, -0.1) is 0 Å². The van der Waals surface area contributed by atoms with Gasteiger partial charge in [-0.3, -0.25) is 9.69 Å². The summed E-state index contributed by atoms with van der Waals surface area (Å²) >= 11 is 5.92. The molecule has 1 saturated heterocycles. The number of ether oxygens (including phenoxy) is 2. The van der Waals surface area contributed by atoms with Gasteiger partial charge < -0.3 is 14.4 Å². The second-order valence-electron chi connectivity index (χ2n) is 9.75. The maximum atomic E-state index is 12.7. The number of halogens is 1. The fraction of sp³-hybridized carbons (Fsp3) is 0.290. The lowest BCUT2D eigenvalue weighted by atomic mass is 10.0. The Balaban J connectivity index is 1.30. The van der Waals surface area contributed by atoms with Crippen molar-refractivity contribution in [2.75, 3.05) is 32.8 Å². The highest BCUT2D eigenvalue weighted by atomic mass is 35.5. The monoisotopic (exact) mass is 529 g/mol. The minimum absolute atomic E-state index is 0.00702. The second-order valence-corrected chi connectivity index (χ2v) is 10.2. The highest BCUT2D eigenvalue weighted by molar-refractivity contribution is 6.30. The summed E-state index contributed by atoms with van der Waals surface area (Å²) in [5.41, 5.74) is 4.04. The van der Waals surface area contributed by atoms with Crippen LogP contribution in [0.3, 0.4) is 0 Å². The fourth-order valence-electron chi connectivity index (χ4n) is 4.70. The number of para-hydroxylation sites is 2. The average molecular weight is 530 g/mol. The Kier molecular flexibility index (Phi) is 8.11. The highest BCUT2D eigenvalue weighted by Gasteiger charge is 2.23. The Labute approximate surface area is 228 Å². The standard InChI is InChI=1S/C31H32ClN3O3/c1-22(2)38-29-10-6-4-8-27(29)31-24(19-23-7-3-5-9-28(23)33-31)20-34-15-17-35(18-16-34)30(36)21-37-26-13-11-25(32)12-14-26/h3-14,19,22H,15-18,20-21H2,1-2H3. The summed E-state index contributed by atoms with van der Waals surface area (Å²) in [7, 11) is 0. The predicted octanol–water partition coefficient (Wildman–Crippen LogP) is 6.07. The number of hydrogen-bond acceptors (Lipinski definition) is 5. The first-order chi connectivity index (χ1) is 18.5. The van der Waals surface area contributed by atoms with Gasteiger partial charge in [0.05, 0.1) is 17.3 Å². The molecule has 7 heteroatoms. The van der Waals surface area contributed by atoms with Crippen molar-refractivity contribution >= 4 is 28.4 Å². The molecule has 5 rings (SSSR count). The second kappa shape index (κ2) is 11.8. The number of pyridine rings is 1. The molecule has 1 fully saturated rings. The van der Waals surface area contributed by atoms with E-state index in [0.717, 1.165) is 53.1 Å². The predicted molar refractivity (Wildman–Crippen MR) is 152 cm³/mol. The smallest absolute Gasteiger partial charge is 0.260 e. The van der Waals surface area contributed by atoms with Crippen molar-refractivity contribution < 1.29 is 14.3 Å². The number of benzene rings is 3. The Morgan fingerprint density at radius 1 is 0.947 bits per heavy atom. The molecule has 0 aliphatic carbocycles. The van der Waals surface area contributed by atoms with Gasteiger partial charge in [0.15, 0.2) is 6.61 Å². The van der Waals surface area contributed by atoms with E-state index < -0.39 is 0 Å². The maximum Gasteiger partial charge on any atom is 0.260 e. The van der Waals surface area contributed by atoms with Crippen LogP contribution in [0.15, 0.2) is 78.9 Å². The van der Waals surface area contributed by atoms with E-state index in [4.69, 9.17) is 26.1 Å². The van der Waals surface area contributed by atoms with Gasteiger partial charge >= 0.3 is 0 Å². The zero-order chi connectivity index (χ0) is 26.5. The van der Waals surface area contributed by atoms with Crippen LogP contribution < -0.4 is 9.47 Å². The van der Waals surface area contributed by atoms with Gasteiger partial charge in [-0.1, -0.05) is 41.9 Å². The van der Waals surface area contributed by atoms with Crippen molar-refractivity contribution in [3.8, 4) is 22.8 Å². The number of rotatable bonds is 8. The lowest BCUT2D eigenvalue weighted by molar-refractivity contribution is -0.135. The molecule has 0 saturated carbocycles. The molecule has 0 unspecified atom stereocenters. The van der Waals surface area contributed by atoms with Gasteiger partial charge in [0.2, 0.25) is 0 Å². The Hall–Kier alpha value is -3.61. The minimum atomic E-state index is -0.00702. The number of piperazine rings is 1. The lowest BCUT2D eigenvalue weighted by Crippen LogP contribution is -2.49. The molecule has 0 radical (unpaired) electrons. The summed E-state index contributed by atoms with van der Waals surface area (Å²) in [6.45, 7) is 7.71. The number of amides is 1. The lowest BCUT2D eigenvalue weighted by Gasteiger charge is -2.35. The van der Waals surface area contributed by atoms with Crippen LogP contribution in [0.1, 0.15) is 19.4 Å². The van der Waals surface area contributed by atoms with Crippen molar-refractivity contribution in [3.05, 3.63) is 89.4 Å². The van der Waals surface area contributed by atoms with Crippen molar-refractivity contribution in [3.63, 3.8) is 0 Å². The third-order valence-electron chi connectivity index (χ3n) is 6.60. The quantitative estimate of drug-likeness (QED) is 0.277. The summed E-state index contributed by atoms with van der Waals surface area (Å²) in [6, 6.07) is 25.6. The molecule has 38 heavy (non-hydrogen) atoms. The van der Waals surface area contributed by atoms with E-state index in [9.17, 15) is 4.79 Å². The van der Waals surface area contributed by atoms with Crippen LogP contribution in [0.4, 0.5) is 0 Å². The van der Waals surface area contributed by atoms with Gasteiger partial charge in [-0.05, 0) is 67.9 Å². The Bertz CT molecular complexity index is 1400. The number of fused-ring (bicyclic) bond motifs is 1. The minimum Gasteiger partial charge on any atom is -0.490 e. The summed E-state index contributed by atoms with van der Waals surface area (Å²) in [6.07, 6.45) is 0.0642. The van der Waals surface area contributed by atoms with Crippen molar-refractivity contribution in [1.82, 2.24) is 14.8 Å². The Morgan fingerprint density at radius 2 is 1.66 bits per heavy atom. The topological polar surface area (TPSA) is 54.9 Å². The zero-order valence-electron chi connectivity index (χ0n) is 21.8. The fourth-order valence-corrected chi connectivity index (χ4v) is 4.82. The molecule has 4 aromatic rings. The van der Waals surface area contributed by atoms with Gasteiger partial charge in [0, 0.05) is 48.7 Å². The van der Waals surface area contributed by atoms with Gasteiger partial charge in [0.1, 0.15) is 11.5 Å². The van der Waals surface area contributed by atoms with E-state index in [0.29, 0.717) is 23.9 Å². The molecule has 6 nitrogen and oxygen atoms in total. The van der Waals surface area contributed by atoms with E-state index in [2.05, 4.69) is 23.1 Å². The molecule has 1 amide bonds. The van der Waals surface area contributed by atoms with E-state index in [1.807, 2.05) is 55.1 Å². The van der Waals surface area contributed by atoms with Gasteiger partial charge in [0.25, 0.3) is 5.91 Å². The van der Waals surface area contributed by atoms with E-state index in [-0.39, 0.29) is 18.6 Å². The molecule has 2 heterocycles. The largest absolute Gasteiger partial charge is 0.490 e. The van der Waals surface area contributed by atoms with Gasteiger partial charge in [-0.2, -0.15) is 0 Å². The third-order valence-corrected chi connectivity index (χ3v) is 6.85. The SMILES string of the molecule is CC(C)Oc1ccccc1-c1nc2ccccc2cc1CN1CCN(C(=O)COc2ccc(Cl)cc2)CC1. The number of carbonyl (C=O) groups excluding carboxylic acids is 1. The third kappa shape index (κ3) is 6.26. The number of nitrogens with zero attached hydrogens (tertiary/aromatic N) is 3. The van der Waals surface area contributed by atoms with Gasteiger partial charge in [-0.25, -0.2) is 4.98 Å².